The zero-order valence-electron chi connectivity index (χ0n) is 4.66. The molecule has 46 valence electrons. The highest BCUT2D eigenvalue weighted by molar-refractivity contribution is 5.50. The third-order valence-electron chi connectivity index (χ3n) is 0.716. The summed E-state index contributed by atoms with van der Waals surface area (Å²) in [6, 6.07) is 0. The smallest absolute Gasteiger partial charge is 0.293 e. The van der Waals surface area contributed by atoms with Crippen LogP contribution in [0.1, 0.15) is 13.3 Å². The van der Waals surface area contributed by atoms with Gasteiger partial charge in [-0.25, -0.2) is 0 Å². The van der Waals surface area contributed by atoms with Gasteiger partial charge < -0.3 is 9.53 Å². The summed E-state index contributed by atoms with van der Waals surface area (Å²) in [4.78, 5) is 19.2. The van der Waals surface area contributed by atoms with Crippen LogP contribution in [0.3, 0.4) is 0 Å². The van der Waals surface area contributed by atoms with E-state index < -0.39 is 0 Å². The first-order valence-corrected chi connectivity index (χ1v) is 2.34. The number of ether oxygens (including phenoxy) is 1. The molecule has 0 radical (unpaired) electrons. The quantitative estimate of drug-likeness (QED) is 0.490. The van der Waals surface area contributed by atoms with Crippen molar-refractivity contribution in [3.8, 4) is 0 Å². The van der Waals surface area contributed by atoms with Crippen molar-refractivity contribution in [1.29, 1.82) is 0 Å². The van der Waals surface area contributed by atoms with Crippen molar-refractivity contribution in [2.75, 3.05) is 0 Å². The fourth-order valence-corrected chi connectivity index (χ4v) is 0.286. The van der Waals surface area contributed by atoms with Crippen molar-refractivity contribution in [1.82, 2.24) is 0 Å². The molecule has 0 saturated heterocycles. The lowest BCUT2D eigenvalue weighted by molar-refractivity contribution is -0.133. The minimum atomic E-state index is -0.273. The molecule has 0 aromatic rings. The Kier molecular flexibility index (Phi) is 3.84. The van der Waals surface area contributed by atoms with E-state index in [4.69, 9.17) is 0 Å². The molecule has 3 nitrogen and oxygen atoms in total. The summed E-state index contributed by atoms with van der Waals surface area (Å²) >= 11 is 0. The summed E-state index contributed by atoms with van der Waals surface area (Å²) in [7, 11) is 0. The number of carbonyl (C=O) groups excluding carboxylic acids is 2. The molecular formula is C5H8O3. The van der Waals surface area contributed by atoms with Gasteiger partial charge >= 0.3 is 0 Å². The topological polar surface area (TPSA) is 43.4 Å². The van der Waals surface area contributed by atoms with Crippen molar-refractivity contribution >= 4 is 12.8 Å². The lowest BCUT2D eigenvalue weighted by Gasteiger charge is -2.01. The van der Waals surface area contributed by atoms with E-state index in [0.717, 1.165) is 0 Å². The molecule has 0 aliphatic rings. The van der Waals surface area contributed by atoms with Crippen molar-refractivity contribution < 1.29 is 14.3 Å². The van der Waals surface area contributed by atoms with Crippen molar-refractivity contribution in [3.05, 3.63) is 0 Å². The average molecular weight is 116 g/mol. The van der Waals surface area contributed by atoms with Crippen LogP contribution >= 0.6 is 0 Å². The van der Waals surface area contributed by atoms with Crippen LogP contribution in [0.15, 0.2) is 0 Å². The van der Waals surface area contributed by atoms with Gasteiger partial charge in [-0.1, -0.05) is 0 Å². The van der Waals surface area contributed by atoms with Gasteiger partial charge in [0, 0.05) is 6.42 Å². The standard InChI is InChI=1S/C5H8O3/c1-5(2-3-6)8-4-7/h3-5H,2H2,1H3/t5-/m0/s1. The minimum absolute atomic E-state index is 0.273. The van der Waals surface area contributed by atoms with Crippen LogP contribution in [0.2, 0.25) is 0 Å². The summed E-state index contributed by atoms with van der Waals surface area (Å²) in [6.07, 6.45) is 0.720. The zero-order chi connectivity index (χ0) is 6.41. The maximum Gasteiger partial charge on any atom is 0.293 e. The van der Waals surface area contributed by atoms with Gasteiger partial charge in [-0.05, 0) is 6.92 Å². The Morgan fingerprint density at radius 3 is 2.62 bits per heavy atom. The largest absolute Gasteiger partial charge is 0.464 e. The van der Waals surface area contributed by atoms with Crippen molar-refractivity contribution in [3.63, 3.8) is 0 Å². The van der Waals surface area contributed by atoms with Gasteiger partial charge in [0.05, 0.1) is 0 Å². The average Bonchev–Trinajstić information content (AvgIpc) is 1.68. The van der Waals surface area contributed by atoms with E-state index in [9.17, 15) is 9.59 Å². The molecule has 0 heterocycles. The van der Waals surface area contributed by atoms with Crippen LogP contribution in [0, 0.1) is 0 Å². The number of aldehydes is 1. The normalized spacial score (nSPS) is 12.1. The molecule has 0 saturated carbocycles. The zero-order valence-corrected chi connectivity index (χ0v) is 4.66. The Hall–Kier alpha value is -0.860. The van der Waals surface area contributed by atoms with Gasteiger partial charge in [-0.15, -0.1) is 0 Å². The monoisotopic (exact) mass is 116 g/mol. The lowest BCUT2D eigenvalue weighted by Crippen LogP contribution is -2.06. The Balaban J connectivity index is 3.16. The van der Waals surface area contributed by atoms with Crippen LogP contribution in [0.25, 0.3) is 0 Å². The number of hydrogen-bond donors (Lipinski definition) is 0. The molecule has 1 atom stereocenters. The summed E-state index contributed by atoms with van der Waals surface area (Å²) in [5.74, 6) is 0. The molecule has 0 N–H and O–H groups in total. The van der Waals surface area contributed by atoms with E-state index in [2.05, 4.69) is 4.74 Å². The van der Waals surface area contributed by atoms with Crippen LogP contribution < -0.4 is 0 Å². The highest BCUT2D eigenvalue weighted by atomic mass is 16.5. The van der Waals surface area contributed by atoms with Gasteiger partial charge in [0.25, 0.3) is 6.47 Å². The predicted octanol–water partition coefficient (Wildman–Crippen LogP) is 0.137. The fraction of sp³-hybridized carbons (Fsp3) is 0.600. The molecule has 0 aromatic carbocycles. The Labute approximate surface area is 47.6 Å². The minimum Gasteiger partial charge on any atom is -0.464 e. The predicted molar refractivity (Wildman–Crippen MR) is 27.3 cm³/mol. The summed E-state index contributed by atoms with van der Waals surface area (Å²) in [6.45, 7) is 2.00. The van der Waals surface area contributed by atoms with Crippen LogP contribution in [0.4, 0.5) is 0 Å². The fourth-order valence-electron chi connectivity index (χ4n) is 0.286. The van der Waals surface area contributed by atoms with E-state index in [1.165, 1.54) is 0 Å². The van der Waals surface area contributed by atoms with Gasteiger partial charge in [0.2, 0.25) is 0 Å². The first kappa shape index (κ1) is 7.14. The molecule has 0 spiro atoms. The highest BCUT2D eigenvalue weighted by Gasteiger charge is 1.96. The first-order valence-electron chi connectivity index (χ1n) is 2.34. The number of hydrogen-bond acceptors (Lipinski definition) is 3. The van der Waals surface area contributed by atoms with E-state index in [1.807, 2.05) is 0 Å². The van der Waals surface area contributed by atoms with Gasteiger partial charge in [-0.2, -0.15) is 0 Å². The Morgan fingerprint density at radius 2 is 2.25 bits per heavy atom. The second-order valence-corrected chi connectivity index (χ2v) is 1.45. The molecule has 0 amide bonds. The van der Waals surface area contributed by atoms with Crippen molar-refractivity contribution in [2.24, 2.45) is 0 Å². The van der Waals surface area contributed by atoms with Crippen LogP contribution in [0.5, 0.6) is 0 Å². The highest BCUT2D eigenvalue weighted by Crippen LogP contribution is 1.89. The third kappa shape index (κ3) is 3.33. The molecule has 0 rings (SSSR count). The van der Waals surface area contributed by atoms with Gasteiger partial charge in [0.1, 0.15) is 12.4 Å². The van der Waals surface area contributed by atoms with E-state index in [1.54, 1.807) is 6.92 Å². The Morgan fingerprint density at radius 1 is 1.62 bits per heavy atom. The molecule has 0 bridgehead atoms. The molecule has 0 fully saturated rings. The second-order valence-electron chi connectivity index (χ2n) is 1.45. The van der Waals surface area contributed by atoms with Gasteiger partial charge in [-0.3, -0.25) is 4.79 Å². The third-order valence-corrected chi connectivity index (χ3v) is 0.716. The summed E-state index contributed by atoms with van der Waals surface area (Å²) in [5.41, 5.74) is 0. The van der Waals surface area contributed by atoms with E-state index in [0.29, 0.717) is 12.8 Å². The first-order chi connectivity index (χ1) is 3.81. The summed E-state index contributed by atoms with van der Waals surface area (Å²) < 4.78 is 4.37. The van der Waals surface area contributed by atoms with E-state index in [-0.39, 0.29) is 12.5 Å². The number of rotatable bonds is 4. The molecule has 0 aliphatic heterocycles. The molecule has 0 aliphatic carbocycles. The summed E-state index contributed by atoms with van der Waals surface area (Å²) in [5, 5.41) is 0. The van der Waals surface area contributed by atoms with Gasteiger partial charge in [0.15, 0.2) is 0 Å². The molecule has 0 unspecified atom stereocenters. The SMILES string of the molecule is C[C@@H](CC=O)OC=O. The maximum absolute atomic E-state index is 9.69. The second kappa shape index (κ2) is 4.30. The van der Waals surface area contributed by atoms with Crippen LogP contribution in [-0.2, 0) is 14.3 Å². The van der Waals surface area contributed by atoms with E-state index >= 15 is 0 Å². The molecule has 8 heavy (non-hydrogen) atoms. The molecular weight excluding hydrogens is 108 g/mol. The molecule has 3 heteroatoms. The Bertz CT molecular complexity index is 69.7. The number of carbonyl (C=O) groups is 2. The van der Waals surface area contributed by atoms with Crippen LogP contribution in [-0.4, -0.2) is 18.9 Å². The molecule has 0 aromatic heterocycles. The maximum atomic E-state index is 9.69. The van der Waals surface area contributed by atoms with Crippen molar-refractivity contribution in [2.45, 2.75) is 19.4 Å². The lowest BCUT2D eigenvalue weighted by atomic mass is 10.3.